The number of allylic oxidation sites excluding steroid dienone is 1. The van der Waals surface area contributed by atoms with Gasteiger partial charge < -0.3 is 5.11 Å². The Balaban J connectivity index is 2.11. The maximum absolute atomic E-state index is 13.7. The first-order valence-corrected chi connectivity index (χ1v) is 7.79. The molecule has 0 spiro atoms. The standard InChI is InChI=1S/C16H21F3O2/c1-2-12(14(20)21)13(16(17,18)19)15-6-9-3-10(7-15)5-11(4-9)8-15/h9-11H,2-8H2,1H3,(H,20,21)/b13-12+. The van der Waals surface area contributed by atoms with E-state index in [1.165, 1.54) is 6.92 Å². The van der Waals surface area contributed by atoms with Gasteiger partial charge in [0.1, 0.15) is 0 Å². The molecule has 4 aliphatic rings. The van der Waals surface area contributed by atoms with Gasteiger partial charge in [-0.05, 0) is 62.7 Å². The Morgan fingerprint density at radius 3 is 1.81 bits per heavy atom. The summed E-state index contributed by atoms with van der Waals surface area (Å²) in [6.07, 6.45) is 0.123. The monoisotopic (exact) mass is 302 g/mol. The number of aliphatic carboxylic acids is 1. The van der Waals surface area contributed by atoms with Crippen molar-refractivity contribution in [3.8, 4) is 0 Å². The second-order valence-electron chi connectivity index (χ2n) is 7.21. The number of hydrogen-bond acceptors (Lipinski definition) is 1. The molecule has 4 aliphatic carbocycles. The van der Waals surface area contributed by atoms with Crippen molar-refractivity contribution in [2.75, 3.05) is 0 Å². The number of carboxylic acid groups (broad SMARTS) is 1. The molecule has 1 N–H and O–H groups in total. The van der Waals surface area contributed by atoms with Crippen LogP contribution in [0.2, 0.25) is 0 Å². The summed E-state index contributed by atoms with van der Waals surface area (Å²) in [5, 5.41) is 9.25. The largest absolute Gasteiger partial charge is 0.478 e. The molecule has 0 heterocycles. The molecule has 0 amide bonds. The van der Waals surface area contributed by atoms with Crippen LogP contribution in [0.4, 0.5) is 13.2 Å². The fourth-order valence-electron chi connectivity index (χ4n) is 5.64. The van der Waals surface area contributed by atoms with Gasteiger partial charge in [0.2, 0.25) is 0 Å². The SMILES string of the molecule is CC/C(C(=O)O)=C(\C(F)(F)F)C12CC3CC(CC(C3)C1)C2. The average Bonchev–Trinajstić information content (AvgIpc) is 2.31. The second-order valence-corrected chi connectivity index (χ2v) is 7.21. The van der Waals surface area contributed by atoms with Crippen LogP contribution >= 0.6 is 0 Å². The molecule has 2 nitrogen and oxygen atoms in total. The van der Waals surface area contributed by atoms with E-state index >= 15 is 0 Å². The van der Waals surface area contributed by atoms with Gasteiger partial charge >= 0.3 is 12.1 Å². The van der Waals surface area contributed by atoms with Crippen molar-refractivity contribution in [2.45, 2.75) is 58.0 Å². The summed E-state index contributed by atoms with van der Waals surface area (Å²) in [5.74, 6) is -0.318. The van der Waals surface area contributed by atoms with E-state index in [0.717, 1.165) is 19.3 Å². The molecule has 0 aliphatic heterocycles. The summed E-state index contributed by atoms with van der Waals surface area (Å²) in [7, 11) is 0. The molecule has 0 saturated heterocycles. The molecule has 0 atom stereocenters. The van der Waals surface area contributed by atoms with Gasteiger partial charge in [0, 0.05) is 16.6 Å². The Labute approximate surface area is 122 Å². The van der Waals surface area contributed by atoms with Crippen LogP contribution in [-0.4, -0.2) is 17.3 Å². The molecule has 5 heteroatoms. The molecule has 4 saturated carbocycles. The lowest BCUT2D eigenvalue weighted by atomic mass is 9.47. The van der Waals surface area contributed by atoms with Crippen molar-refractivity contribution < 1.29 is 23.1 Å². The quantitative estimate of drug-likeness (QED) is 0.776. The van der Waals surface area contributed by atoms with Gasteiger partial charge in [-0.1, -0.05) is 6.92 Å². The van der Waals surface area contributed by atoms with Crippen LogP contribution < -0.4 is 0 Å². The minimum atomic E-state index is -4.53. The van der Waals surface area contributed by atoms with Crippen molar-refractivity contribution in [2.24, 2.45) is 23.2 Å². The predicted octanol–water partition coefficient (Wildman–Crippen LogP) is 4.56. The first kappa shape index (κ1) is 14.9. The molecule has 0 aromatic carbocycles. The summed E-state index contributed by atoms with van der Waals surface area (Å²) >= 11 is 0. The third-order valence-corrected chi connectivity index (χ3v) is 5.77. The fourth-order valence-corrected chi connectivity index (χ4v) is 5.64. The molecular formula is C16H21F3O2. The van der Waals surface area contributed by atoms with Crippen LogP contribution in [0.5, 0.6) is 0 Å². The molecule has 0 aromatic heterocycles. The highest BCUT2D eigenvalue weighted by atomic mass is 19.4. The first-order chi connectivity index (χ1) is 9.75. The molecule has 0 radical (unpaired) electrons. The molecule has 0 aromatic rings. The average molecular weight is 302 g/mol. The van der Waals surface area contributed by atoms with Crippen LogP contribution in [0, 0.1) is 23.2 Å². The van der Waals surface area contributed by atoms with Gasteiger partial charge in [-0.25, -0.2) is 4.79 Å². The summed E-state index contributed by atoms with van der Waals surface area (Å²) in [6, 6.07) is 0. The number of carboxylic acids is 1. The van der Waals surface area contributed by atoms with E-state index in [2.05, 4.69) is 0 Å². The Morgan fingerprint density at radius 2 is 1.52 bits per heavy atom. The fraction of sp³-hybridized carbons (Fsp3) is 0.812. The maximum atomic E-state index is 13.7. The van der Waals surface area contributed by atoms with Crippen LogP contribution in [0.15, 0.2) is 11.1 Å². The molecular weight excluding hydrogens is 281 g/mol. The van der Waals surface area contributed by atoms with E-state index in [4.69, 9.17) is 0 Å². The first-order valence-electron chi connectivity index (χ1n) is 7.79. The highest BCUT2D eigenvalue weighted by Crippen LogP contribution is 2.65. The van der Waals surface area contributed by atoms with E-state index < -0.39 is 28.7 Å². The topological polar surface area (TPSA) is 37.3 Å². The van der Waals surface area contributed by atoms with Gasteiger partial charge in [-0.15, -0.1) is 0 Å². The van der Waals surface area contributed by atoms with Crippen molar-refractivity contribution in [3.05, 3.63) is 11.1 Å². The lowest BCUT2D eigenvalue weighted by Crippen LogP contribution is -2.50. The minimum Gasteiger partial charge on any atom is -0.478 e. The zero-order valence-electron chi connectivity index (χ0n) is 12.2. The third-order valence-electron chi connectivity index (χ3n) is 5.77. The van der Waals surface area contributed by atoms with Gasteiger partial charge in [0.15, 0.2) is 0 Å². The summed E-state index contributed by atoms with van der Waals surface area (Å²) < 4.78 is 41.1. The summed E-state index contributed by atoms with van der Waals surface area (Å²) in [4.78, 5) is 11.4. The number of hydrogen-bond donors (Lipinski definition) is 1. The highest BCUT2D eigenvalue weighted by molar-refractivity contribution is 5.88. The second kappa shape index (κ2) is 4.75. The molecule has 4 rings (SSSR count). The van der Waals surface area contributed by atoms with E-state index in [0.29, 0.717) is 37.0 Å². The van der Waals surface area contributed by atoms with E-state index in [1.54, 1.807) is 0 Å². The third kappa shape index (κ3) is 2.38. The number of carbonyl (C=O) groups is 1. The molecule has 4 bridgehead atoms. The zero-order valence-corrected chi connectivity index (χ0v) is 12.2. The predicted molar refractivity (Wildman–Crippen MR) is 71.6 cm³/mol. The van der Waals surface area contributed by atoms with Crippen molar-refractivity contribution in [1.82, 2.24) is 0 Å². The van der Waals surface area contributed by atoms with E-state index in [1.807, 2.05) is 0 Å². The normalized spacial score (nSPS) is 39.3. The van der Waals surface area contributed by atoms with Gasteiger partial charge in [-0.2, -0.15) is 13.2 Å². The minimum absolute atomic E-state index is 0.0636. The van der Waals surface area contributed by atoms with Gasteiger partial charge in [0.05, 0.1) is 0 Å². The van der Waals surface area contributed by atoms with E-state index in [9.17, 15) is 23.1 Å². The van der Waals surface area contributed by atoms with Gasteiger partial charge in [0.25, 0.3) is 0 Å². The van der Waals surface area contributed by atoms with Crippen LogP contribution in [0.1, 0.15) is 51.9 Å². The van der Waals surface area contributed by atoms with Crippen molar-refractivity contribution >= 4 is 5.97 Å². The lowest BCUT2D eigenvalue weighted by Gasteiger charge is -2.58. The Morgan fingerprint density at radius 1 is 1.10 bits per heavy atom. The highest BCUT2D eigenvalue weighted by Gasteiger charge is 2.59. The number of halogens is 3. The van der Waals surface area contributed by atoms with Gasteiger partial charge in [-0.3, -0.25) is 0 Å². The Kier molecular flexibility index (Phi) is 3.37. The molecule has 4 fully saturated rings. The van der Waals surface area contributed by atoms with Crippen LogP contribution in [0.3, 0.4) is 0 Å². The number of alkyl halides is 3. The zero-order chi connectivity index (χ0) is 15.4. The van der Waals surface area contributed by atoms with Crippen LogP contribution in [0.25, 0.3) is 0 Å². The van der Waals surface area contributed by atoms with Crippen LogP contribution in [-0.2, 0) is 4.79 Å². The van der Waals surface area contributed by atoms with Crippen molar-refractivity contribution in [1.29, 1.82) is 0 Å². The smallest absolute Gasteiger partial charge is 0.413 e. The van der Waals surface area contributed by atoms with E-state index in [-0.39, 0.29) is 6.42 Å². The van der Waals surface area contributed by atoms with Crippen molar-refractivity contribution in [3.63, 3.8) is 0 Å². The molecule has 0 unspecified atom stereocenters. The molecule has 21 heavy (non-hydrogen) atoms. The number of rotatable bonds is 3. The lowest BCUT2D eigenvalue weighted by molar-refractivity contribution is -0.142. The summed E-state index contributed by atoms with van der Waals surface area (Å²) in [5.41, 5.74) is -2.04. The Bertz CT molecular complexity index is 455. The molecule has 118 valence electrons. The Hall–Kier alpha value is -1.00. The summed E-state index contributed by atoms with van der Waals surface area (Å²) in [6.45, 7) is 1.51. The maximum Gasteiger partial charge on any atom is 0.413 e.